The van der Waals surface area contributed by atoms with Gasteiger partial charge in [0.1, 0.15) is 5.82 Å². The lowest BCUT2D eigenvalue weighted by Crippen LogP contribution is -2.24. The van der Waals surface area contributed by atoms with E-state index in [1.807, 2.05) is 6.92 Å². The molecule has 6 nitrogen and oxygen atoms in total. The topological polar surface area (TPSA) is 79.8 Å². The summed E-state index contributed by atoms with van der Waals surface area (Å²) in [4.78, 5) is 24.0. The number of hydrogen-bond donors (Lipinski definition) is 2. The first-order valence-electron chi connectivity index (χ1n) is 7.50. The predicted molar refractivity (Wildman–Crippen MR) is 95.8 cm³/mol. The van der Waals surface area contributed by atoms with Crippen molar-refractivity contribution in [1.82, 2.24) is 14.8 Å². The largest absolute Gasteiger partial charge is 0.343 e. The lowest BCUT2D eigenvalue weighted by Gasteiger charge is -2.12. The maximum atomic E-state index is 13.8. The second kappa shape index (κ2) is 8.48. The molecular formula is C15H18BrFN4O2S. The minimum atomic E-state index is -0.538. The molecule has 0 bridgehead atoms. The quantitative estimate of drug-likeness (QED) is 0.677. The van der Waals surface area contributed by atoms with Crippen molar-refractivity contribution in [1.29, 1.82) is 0 Å². The van der Waals surface area contributed by atoms with Crippen LogP contribution in [0.2, 0.25) is 0 Å². The van der Waals surface area contributed by atoms with Crippen LogP contribution >= 0.6 is 27.7 Å². The molecule has 0 unspecified atom stereocenters. The Bertz CT molecular complexity index is 777. The van der Waals surface area contributed by atoms with E-state index in [1.54, 1.807) is 13.0 Å². The Balaban J connectivity index is 2.05. The summed E-state index contributed by atoms with van der Waals surface area (Å²) in [6, 6.07) is 4.41. The number of unbranched alkanes of at least 4 members (excludes halogenated alkanes) is 1. The van der Waals surface area contributed by atoms with Gasteiger partial charge >= 0.3 is 5.69 Å². The third-order valence-corrected chi connectivity index (χ3v) is 4.88. The van der Waals surface area contributed by atoms with Crippen molar-refractivity contribution in [2.45, 2.75) is 43.6 Å². The molecule has 0 fully saturated rings. The summed E-state index contributed by atoms with van der Waals surface area (Å²) in [6.45, 7) is 4.25. The van der Waals surface area contributed by atoms with Gasteiger partial charge < -0.3 is 5.32 Å². The number of halogens is 2. The highest BCUT2D eigenvalue weighted by Crippen LogP contribution is 2.23. The van der Waals surface area contributed by atoms with Gasteiger partial charge in [0.15, 0.2) is 5.16 Å². The highest BCUT2D eigenvalue weighted by atomic mass is 79.9. The summed E-state index contributed by atoms with van der Waals surface area (Å²) in [5.74, 6) is -0.881. The van der Waals surface area contributed by atoms with Crippen molar-refractivity contribution in [3.63, 3.8) is 0 Å². The van der Waals surface area contributed by atoms with Gasteiger partial charge in [-0.25, -0.2) is 14.3 Å². The van der Waals surface area contributed by atoms with Crippen LogP contribution in [0.4, 0.5) is 10.1 Å². The SMILES string of the molecule is CCCCn1c(S[C@H](C)C(=O)Nc2ccc(Br)cc2F)n[nH]c1=O. The summed E-state index contributed by atoms with van der Waals surface area (Å²) in [6.07, 6.45) is 1.79. The van der Waals surface area contributed by atoms with Crippen molar-refractivity contribution in [2.75, 3.05) is 5.32 Å². The first kappa shape index (κ1) is 18.7. The number of nitrogens with one attached hydrogen (secondary N) is 2. The second-order valence-electron chi connectivity index (χ2n) is 5.19. The standard InChI is InChI=1S/C15H18BrFN4O2S/c1-3-4-7-21-14(23)19-20-15(21)24-9(2)13(22)18-12-6-5-10(16)8-11(12)17/h5-6,8-9H,3-4,7H2,1-2H3,(H,18,22)(H,19,23)/t9-/m1/s1. The molecule has 2 rings (SSSR count). The molecule has 2 N–H and O–H groups in total. The Morgan fingerprint density at radius 1 is 1.54 bits per heavy atom. The Morgan fingerprint density at radius 2 is 2.29 bits per heavy atom. The third-order valence-electron chi connectivity index (χ3n) is 3.30. The number of amides is 1. The summed E-state index contributed by atoms with van der Waals surface area (Å²) in [5, 5.41) is 8.81. The van der Waals surface area contributed by atoms with Gasteiger partial charge in [0.05, 0.1) is 10.9 Å². The van der Waals surface area contributed by atoms with Gasteiger partial charge in [-0.1, -0.05) is 41.0 Å². The Labute approximate surface area is 151 Å². The van der Waals surface area contributed by atoms with Gasteiger partial charge in [-0.15, -0.1) is 5.10 Å². The predicted octanol–water partition coefficient (Wildman–Crippen LogP) is 3.39. The van der Waals surface area contributed by atoms with Gasteiger partial charge in [0.2, 0.25) is 5.91 Å². The second-order valence-corrected chi connectivity index (χ2v) is 7.41. The molecule has 0 radical (unpaired) electrons. The Hall–Kier alpha value is -1.61. The van der Waals surface area contributed by atoms with E-state index in [-0.39, 0.29) is 17.3 Å². The van der Waals surface area contributed by atoms with Gasteiger partial charge in [0, 0.05) is 11.0 Å². The molecule has 2 aromatic rings. The van der Waals surface area contributed by atoms with Crippen molar-refractivity contribution in [3.8, 4) is 0 Å². The van der Waals surface area contributed by atoms with Crippen LogP contribution in [0.1, 0.15) is 26.7 Å². The number of rotatable bonds is 7. The molecule has 0 saturated heterocycles. The number of thioether (sulfide) groups is 1. The first-order valence-corrected chi connectivity index (χ1v) is 9.17. The van der Waals surface area contributed by atoms with Gasteiger partial charge in [-0.3, -0.25) is 9.36 Å². The van der Waals surface area contributed by atoms with E-state index >= 15 is 0 Å². The number of carbonyl (C=O) groups excluding carboxylic acids is 1. The molecule has 1 aromatic carbocycles. The fourth-order valence-corrected chi connectivity index (χ4v) is 3.16. The molecule has 1 heterocycles. The lowest BCUT2D eigenvalue weighted by atomic mass is 10.3. The molecule has 1 atom stereocenters. The zero-order chi connectivity index (χ0) is 17.7. The molecule has 0 aliphatic carbocycles. The monoisotopic (exact) mass is 416 g/mol. The zero-order valence-electron chi connectivity index (χ0n) is 13.3. The van der Waals surface area contributed by atoms with Gasteiger partial charge in [0.25, 0.3) is 0 Å². The summed E-state index contributed by atoms with van der Waals surface area (Å²) in [5.41, 5.74) is -0.182. The molecular weight excluding hydrogens is 399 g/mol. The number of anilines is 1. The number of H-pyrrole nitrogens is 1. The van der Waals surface area contributed by atoms with Crippen molar-refractivity contribution >= 4 is 39.3 Å². The van der Waals surface area contributed by atoms with E-state index in [2.05, 4.69) is 31.4 Å². The molecule has 1 amide bonds. The maximum absolute atomic E-state index is 13.8. The average Bonchev–Trinajstić information content (AvgIpc) is 2.88. The number of hydrogen-bond acceptors (Lipinski definition) is 4. The molecule has 9 heteroatoms. The van der Waals surface area contributed by atoms with Crippen molar-refractivity contribution in [2.24, 2.45) is 0 Å². The first-order chi connectivity index (χ1) is 11.4. The number of nitrogens with zero attached hydrogens (tertiary/aromatic N) is 2. The van der Waals surface area contributed by atoms with Crippen LogP contribution in [0.25, 0.3) is 0 Å². The fourth-order valence-electron chi connectivity index (χ4n) is 1.94. The molecule has 130 valence electrons. The van der Waals surface area contributed by atoms with Crippen LogP contribution in [0.3, 0.4) is 0 Å². The van der Waals surface area contributed by atoms with Crippen LogP contribution in [0.15, 0.2) is 32.6 Å². The van der Waals surface area contributed by atoms with E-state index in [0.29, 0.717) is 16.2 Å². The smallest absolute Gasteiger partial charge is 0.323 e. The van der Waals surface area contributed by atoms with E-state index in [0.717, 1.165) is 24.6 Å². The minimum Gasteiger partial charge on any atom is -0.323 e. The molecule has 0 aliphatic heterocycles. The maximum Gasteiger partial charge on any atom is 0.343 e. The minimum absolute atomic E-state index is 0.112. The van der Waals surface area contributed by atoms with Crippen LogP contribution in [-0.2, 0) is 11.3 Å². The van der Waals surface area contributed by atoms with Crippen LogP contribution < -0.4 is 11.0 Å². The van der Waals surface area contributed by atoms with Crippen molar-refractivity contribution < 1.29 is 9.18 Å². The van der Waals surface area contributed by atoms with E-state index < -0.39 is 11.1 Å². The Kier molecular flexibility index (Phi) is 6.61. The van der Waals surface area contributed by atoms with Crippen LogP contribution in [-0.4, -0.2) is 25.9 Å². The molecule has 0 spiro atoms. The zero-order valence-corrected chi connectivity index (χ0v) is 15.7. The Morgan fingerprint density at radius 3 is 2.96 bits per heavy atom. The summed E-state index contributed by atoms with van der Waals surface area (Å²) in [7, 11) is 0. The third kappa shape index (κ3) is 4.70. The fraction of sp³-hybridized carbons (Fsp3) is 0.400. The molecule has 0 saturated carbocycles. The van der Waals surface area contributed by atoms with Crippen LogP contribution in [0.5, 0.6) is 0 Å². The average molecular weight is 417 g/mol. The highest BCUT2D eigenvalue weighted by Gasteiger charge is 2.20. The number of aromatic nitrogens is 3. The van der Waals surface area contributed by atoms with E-state index in [1.165, 1.54) is 16.7 Å². The van der Waals surface area contributed by atoms with Crippen molar-refractivity contribution in [3.05, 3.63) is 39.0 Å². The lowest BCUT2D eigenvalue weighted by molar-refractivity contribution is -0.115. The molecule has 1 aromatic heterocycles. The van der Waals surface area contributed by atoms with Gasteiger partial charge in [-0.05, 0) is 31.5 Å². The van der Waals surface area contributed by atoms with E-state index in [9.17, 15) is 14.0 Å². The number of aromatic amines is 1. The highest BCUT2D eigenvalue weighted by molar-refractivity contribution is 9.10. The number of carbonyl (C=O) groups is 1. The van der Waals surface area contributed by atoms with E-state index in [4.69, 9.17) is 0 Å². The summed E-state index contributed by atoms with van der Waals surface area (Å²) < 4.78 is 15.9. The van der Waals surface area contributed by atoms with Crippen LogP contribution in [0, 0.1) is 5.82 Å². The molecule has 24 heavy (non-hydrogen) atoms. The molecule has 0 aliphatic rings. The summed E-state index contributed by atoms with van der Waals surface area (Å²) >= 11 is 4.32. The number of benzene rings is 1. The normalized spacial score (nSPS) is 12.2. The van der Waals surface area contributed by atoms with Gasteiger partial charge in [-0.2, -0.15) is 0 Å².